The zero-order chi connectivity index (χ0) is 12.5. The lowest BCUT2D eigenvalue weighted by Crippen LogP contribution is -1.95. The molecule has 0 heterocycles. The van der Waals surface area contributed by atoms with Crippen molar-refractivity contribution in [3.8, 4) is 0 Å². The molecule has 1 aromatic rings. The van der Waals surface area contributed by atoms with E-state index in [1.54, 1.807) is 0 Å². The van der Waals surface area contributed by atoms with Crippen molar-refractivity contribution in [3.63, 3.8) is 0 Å². The van der Waals surface area contributed by atoms with Gasteiger partial charge in [-0.05, 0) is 43.2 Å². The summed E-state index contributed by atoms with van der Waals surface area (Å²) in [6.07, 6.45) is 12.1. The topological polar surface area (TPSA) is 0 Å². The van der Waals surface area contributed by atoms with Crippen molar-refractivity contribution in [1.29, 1.82) is 0 Å². The van der Waals surface area contributed by atoms with Crippen molar-refractivity contribution >= 4 is 0 Å². The SMILES string of the molecule is C/C=C\C=C/CCCc1ccccc1C(C)C. The van der Waals surface area contributed by atoms with E-state index < -0.39 is 0 Å². The van der Waals surface area contributed by atoms with Crippen LogP contribution in [0.3, 0.4) is 0 Å². The summed E-state index contributed by atoms with van der Waals surface area (Å²) in [7, 11) is 0. The van der Waals surface area contributed by atoms with Gasteiger partial charge in [0.1, 0.15) is 0 Å². The minimum Gasteiger partial charge on any atom is -0.0877 e. The van der Waals surface area contributed by atoms with Gasteiger partial charge in [0.25, 0.3) is 0 Å². The first-order valence-corrected chi connectivity index (χ1v) is 6.61. The van der Waals surface area contributed by atoms with Crippen LogP contribution in [0.2, 0.25) is 0 Å². The Morgan fingerprint density at radius 3 is 2.59 bits per heavy atom. The smallest absolute Gasteiger partial charge is 0.0216 e. The number of allylic oxidation sites excluding steroid dienone is 4. The fourth-order valence-corrected chi connectivity index (χ4v) is 2.02. The fraction of sp³-hybridized carbons (Fsp3) is 0.412. The first-order valence-electron chi connectivity index (χ1n) is 6.61. The molecule has 0 atom stereocenters. The van der Waals surface area contributed by atoms with E-state index in [0.717, 1.165) is 6.42 Å². The lowest BCUT2D eigenvalue weighted by molar-refractivity contribution is 0.794. The Labute approximate surface area is 106 Å². The number of benzene rings is 1. The lowest BCUT2D eigenvalue weighted by atomic mass is 9.94. The zero-order valence-electron chi connectivity index (χ0n) is 11.3. The maximum absolute atomic E-state index is 2.27. The van der Waals surface area contributed by atoms with E-state index in [0.29, 0.717) is 5.92 Å². The highest BCUT2D eigenvalue weighted by molar-refractivity contribution is 5.29. The molecule has 0 spiro atoms. The van der Waals surface area contributed by atoms with Gasteiger partial charge in [-0.2, -0.15) is 0 Å². The van der Waals surface area contributed by atoms with Gasteiger partial charge in [0.05, 0.1) is 0 Å². The van der Waals surface area contributed by atoms with Crippen molar-refractivity contribution in [3.05, 3.63) is 59.7 Å². The highest BCUT2D eigenvalue weighted by Crippen LogP contribution is 2.20. The largest absolute Gasteiger partial charge is 0.0877 e. The van der Waals surface area contributed by atoms with Crippen LogP contribution in [0.1, 0.15) is 50.7 Å². The van der Waals surface area contributed by atoms with Gasteiger partial charge in [-0.1, -0.05) is 62.4 Å². The second-order valence-corrected chi connectivity index (χ2v) is 4.70. The normalized spacial score (nSPS) is 12.0. The number of aryl methyl sites for hydroxylation is 1. The molecule has 0 fully saturated rings. The van der Waals surface area contributed by atoms with Gasteiger partial charge in [0.15, 0.2) is 0 Å². The van der Waals surface area contributed by atoms with Crippen LogP contribution in [0.15, 0.2) is 48.6 Å². The first kappa shape index (κ1) is 13.8. The van der Waals surface area contributed by atoms with Crippen molar-refractivity contribution < 1.29 is 0 Å². The van der Waals surface area contributed by atoms with Crippen LogP contribution < -0.4 is 0 Å². The summed E-state index contributed by atoms with van der Waals surface area (Å²) in [4.78, 5) is 0. The predicted octanol–water partition coefficient (Wildman–Crippen LogP) is 5.27. The van der Waals surface area contributed by atoms with E-state index in [1.165, 1.54) is 24.0 Å². The van der Waals surface area contributed by atoms with Crippen LogP contribution >= 0.6 is 0 Å². The highest BCUT2D eigenvalue weighted by atomic mass is 14.1. The summed E-state index contributed by atoms with van der Waals surface area (Å²) in [6.45, 7) is 6.58. The maximum atomic E-state index is 2.27. The molecule has 0 aliphatic carbocycles. The van der Waals surface area contributed by atoms with E-state index in [9.17, 15) is 0 Å². The Balaban J connectivity index is 2.46. The number of hydrogen-bond acceptors (Lipinski definition) is 0. The molecule has 0 heteroatoms. The molecule has 0 bridgehead atoms. The molecular weight excluding hydrogens is 204 g/mol. The van der Waals surface area contributed by atoms with E-state index in [-0.39, 0.29) is 0 Å². The van der Waals surface area contributed by atoms with Gasteiger partial charge in [-0.15, -0.1) is 0 Å². The molecular formula is C17H24. The molecule has 17 heavy (non-hydrogen) atoms. The van der Waals surface area contributed by atoms with Crippen LogP contribution in [0, 0.1) is 0 Å². The standard InChI is InChI=1S/C17H24/c1-4-5-6-7-8-9-12-16-13-10-11-14-17(16)15(2)3/h4-7,10-11,13-15H,8-9,12H2,1-3H3/b5-4-,7-6-. The van der Waals surface area contributed by atoms with Gasteiger partial charge in [0, 0.05) is 0 Å². The molecule has 0 aliphatic heterocycles. The summed E-state index contributed by atoms with van der Waals surface area (Å²) >= 11 is 0. The molecule has 0 aliphatic rings. The molecule has 0 unspecified atom stereocenters. The Bertz CT molecular complexity index is 369. The predicted molar refractivity (Wildman–Crippen MR) is 77.4 cm³/mol. The number of unbranched alkanes of at least 4 members (excludes halogenated alkanes) is 1. The monoisotopic (exact) mass is 228 g/mol. The van der Waals surface area contributed by atoms with E-state index in [4.69, 9.17) is 0 Å². The second-order valence-electron chi connectivity index (χ2n) is 4.70. The molecule has 1 aromatic carbocycles. The minimum atomic E-state index is 0.629. The molecule has 0 saturated heterocycles. The molecule has 0 saturated carbocycles. The van der Waals surface area contributed by atoms with Gasteiger partial charge in [-0.25, -0.2) is 0 Å². The van der Waals surface area contributed by atoms with Crippen LogP contribution in [0.5, 0.6) is 0 Å². The second kappa shape index (κ2) is 7.89. The maximum Gasteiger partial charge on any atom is -0.0216 e. The van der Waals surface area contributed by atoms with Crippen LogP contribution in [0.4, 0.5) is 0 Å². The van der Waals surface area contributed by atoms with Crippen LogP contribution in [-0.4, -0.2) is 0 Å². The number of rotatable bonds is 6. The van der Waals surface area contributed by atoms with Crippen molar-refractivity contribution in [2.24, 2.45) is 0 Å². The van der Waals surface area contributed by atoms with Gasteiger partial charge in [0.2, 0.25) is 0 Å². The van der Waals surface area contributed by atoms with Crippen molar-refractivity contribution in [2.75, 3.05) is 0 Å². The fourth-order valence-electron chi connectivity index (χ4n) is 2.02. The molecule has 0 aromatic heterocycles. The van der Waals surface area contributed by atoms with Crippen molar-refractivity contribution in [2.45, 2.75) is 46.0 Å². The molecule has 92 valence electrons. The Morgan fingerprint density at radius 2 is 1.88 bits per heavy atom. The van der Waals surface area contributed by atoms with Gasteiger partial charge >= 0.3 is 0 Å². The summed E-state index contributed by atoms with van der Waals surface area (Å²) in [5.74, 6) is 0.629. The van der Waals surface area contributed by atoms with Crippen molar-refractivity contribution in [1.82, 2.24) is 0 Å². The van der Waals surface area contributed by atoms with Crippen LogP contribution in [0.25, 0.3) is 0 Å². The van der Waals surface area contributed by atoms with Crippen LogP contribution in [-0.2, 0) is 6.42 Å². The summed E-state index contributed by atoms with van der Waals surface area (Å²) < 4.78 is 0. The van der Waals surface area contributed by atoms with E-state index in [2.05, 4.69) is 62.4 Å². The quantitative estimate of drug-likeness (QED) is 0.460. The molecule has 0 radical (unpaired) electrons. The third kappa shape index (κ3) is 5.04. The third-order valence-electron chi connectivity index (χ3n) is 2.93. The Kier molecular flexibility index (Phi) is 6.39. The molecule has 0 amide bonds. The molecule has 0 nitrogen and oxygen atoms in total. The summed E-state index contributed by atoms with van der Waals surface area (Å²) in [5.41, 5.74) is 3.02. The Hall–Kier alpha value is -1.30. The molecule has 1 rings (SSSR count). The minimum absolute atomic E-state index is 0.629. The summed E-state index contributed by atoms with van der Waals surface area (Å²) in [5, 5.41) is 0. The van der Waals surface area contributed by atoms with E-state index in [1.807, 2.05) is 6.92 Å². The average molecular weight is 228 g/mol. The molecule has 0 N–H and O–H groups in total. The highest BCUT2D eigenvalue weighted by Gasteiger charge is 2.04. The zero-order valence-corrected chi connectivity index (χ0v) is 11.3. The first-order chi connectivity index (χ1) is 8.25. The third-order valence-corrected chi connectivity index (χ3v) is 2.93. The average Bonchev–Trinajstić information content (AvgIpc) is 2.34. The lowest BCUT2D eigenvalue weighted by Gasteiger charge is -2.11. The Morgan fingerprint density at radius 1 is 1.12 bits per heavy atom. The van der Waals surface area contributed by atoms with Gasteiger partial charge in [-0.3, -0.25) is 0 Å². The number of hydrogen-bond donors (Lipinski definition) is 0. The van der Waals surface area contributed by atoms with Gasteiger partial charge < -0.3 is 0 Å². The van der Waals surface area contributed by atoms with E-state index >= 15 is 0 Å². The summed E-state index contributed by atoms with van der Waals surface area (Å²) in [6, 6.07) is 8.82.